The van der Waals surface area contributed by atoms with Crippen LogP contribution in [0.25, 0.3) is 10.2 Å². The molecule has 0 saturated heterocycles. The van der Waals surface area contributed by atoms with Gasteiger partial charge in [-0.25, -0.2) is 4.98 Å². The average Bonchev–Trinajstić information content (AvgIpc) is 3.24. The van der Waals surface area contributed by atoms with E-state index >= 15 is 0 Å². The Kier molecular flexibility index (Phi) is 7.45. The molecule has 4 nitrogen and oxygen atoms in total. The maximum atomic E-state index is 13.3. The number of aryl methyl sites for hydroxylation is 1. The van der Waals surface area contributed by atoms with E-state index in [1.807, 2.05) is 41.3 Å². The van der Waals surface area contributed by atoms with Gasteiger partial charge in [0.15, 0.2) is 5.13 Å². The minimum absolute atomic E-state index is 0.111. The van der Waals surface area contributed by atoms with Gasteiger partial charge in [0.1, 0.15) is 5.75 Å². The monoisotopic (exact) mass is 462 g/mol. The van der Waals surface area contributed by atoms with Crippen LogP contribution in [0.4, 0.5) is 5.13 Å². The van der Waals surface area contributed by atoms with Gasteiger partial charge in [0.2, 0.25) is 5.91 Å². The molecular formula is C26H26N2O2S2. The lowest BCUT2D eigenvalue weighted by molar-refractivity contribution is -0.118. The van der Waals surface area contributed by atoms with E-state index in [0.29, 0.717) is 13.0 Å². The van der Waals surface area contributed by atoms with Crippen LogP contribution < -0.4 is 9.64 Å². The standard InChI is InChI=1S/C26H26N2O2S2/c1-19-10-15-23-24(17-19)32-26(27-23)28(18-20-7-4-3-5-8-20)25(29)9-6-16-31-22-13-11-21(30-2)12-14-22/h3-5,7-8,10-15,17H,6,9,16,18H2,1-2H3. The molecule has 0 saturated carbocycles. The van der Waals surface area contributed by atoms with Gasteiger partial charge < -0.3 is 4.74 Å². The van der Waals surface area contributed by atoms with E-state index in [4.69, 9.17) is 9.72 Å². The summed E-state index contributed by atoms with van der Waals surface area (Å²) in [6, 6.07) is 24.4. The normalized spacial score (nSPS) is 10.9. The molecular weight excluding hydrogens is 436 g/mol. The van der Waals surface area contributed by atoms with Gasteiger partial charge in [0, 0.05) is 11.3 Å². The Morgan fingerprint density at radius 2 is 1.84 bits per heavy atom. The summed E-state index contributed by atoms with van der Waals surface area (Å²) in [6.45, 7) is 2.61. The number of thiazole rings is 1. The van der Waals surface area contributed by atoms with Crippen molar-refractivity contribution in [1.29, 1.82) is 0 Å². The van der Waals surface area contributed by atoms with Crippen LogP contribution in [0.1, 0.15) is 24.0 Å². The lowest BCUT2D eigenvalue weighted by atomic mass is 10.2. The van der Waals surface area contributed by atoms with Gasteiger partial charge in [0.25, 0.3) is 0 Å². The number of nitrogens with zero attached hydrogens (tertiary/aromatic N) is 2. The van der Waals surface area contributed by atoms with Crippen LogP contribution in [0.15, 0.2) is 77.7 Å². The molecule has 1 heterocycles. The van der Waals surface area contributed by atoms with Gasteiger partial charge in [0.05, 0.1) is 23.9 Å². The van der Waals surface area contributed by atoms with E-state index in [-0.39, 0.29) is 5.91 Å². The largest absolute Gasteiger partial charge is 0.497 e. The first-order valence-corrected chi connectivity index (χ1v) is 12.4. The molecule has 0 bridgehead atoms. The minimum Gasteiger partial charge on any atom is -0.497 e. The molecule has 1 aromatic heterocycles. The number of carbonyl (C=O) groups is 1. The van der Waals surface area contributed by atoms with Crippen molar-refractivity contribution >= 4 is 44.4 Å². The molecule has 0 aliphatic heterocycles. The number of carbonyl (C=O) groups excluding carboxylic acids is 1. The third kappa shape index (κ3) is 5.69. The Bertz CT molecular complexity index is 1170. The summed E-state index contributed by atoms with van der Waals surface area (Å²) >= 11 is 3.34. The van der Waals surface area contributed by atoms with Crippen LogP contribution in [-0.4, -0.2) is 23.8 Å². The number of ether oxygens (including phenoxy) is 1. The summed E-state index contributed by atoms with van der Waals surface area (Å²) in [4.78, 5) is 21.0. The molecule has 32 heavy (non-hydrogen) atoms. The van der Waals surface area contributed by atoms with Crippen molar-refractivity contribution in [3.63, 3.8) is 0 Å². The van der Waals surface area contributed by atoms with E-state index in [1.165, 1.54) is 10.5 Å². The van der Waals surface area contributed by atoms with E-state index < -0.39 is 0 Å². The molecule has 4 rings (SSSR count). The van der Waals surface area contributed by atoms with Crippen LogP contribution in [0.5, 0.6) is 5.75 Å². The zero-order valence-electron chi connectivity index (χ0n) is 18.3. The molecule has 3 aromatic carbocycles. The van der Waals surface area contributed by atoms with Gasteiger partial charge in [-0.05, 0) is 66.6 Å². The third-order valence-electron chi connectivity index (χ3n) is 5.11. The third-order valence-corrected chi connectivity index (χ3v) is 7.25. The van der Waals surface area contributed by atoms with Gasteiger partial charge in [-0.1, -0.05) is 47.7 Å². The number of benzene rings is 3. The lowest BCUT2D eigenvalue weighted by Crippen LogP contribution is -2.30. The molecule has 0 atom stereocenters. The molecule has 1 amide bonds. The van der Waals surface area contributed by atoms with Crippen LogP contribution in [0.2, 0.25) is 0 Å². The molecule has 0 spiro atoms. The highest BCUT2D eigenvalue weighted by molar-refractivity contribution is 7.99. The molecule has 164 valence electrons. The predicted octanol–water partition coefficient (Wildman–Crippen LogP) is 6.72. The molecule has 0 radical (unpaired) electrons. The minimum atomic E-state index is 0.111. The SMILES string of the molecule is COc1ccc(SCCCC(=O)N(Cc2ccccc2)c2nc3ccc(C)cc3s2)cc1. The van der Waals surface area contributed by atoms with Crippen LogP contribution >= 0.6 is 23.1 Å². The van der Waals surface area contributed by atoms with Gasteiger partial charge in [-0.2, -0.15) is 0 Å². The van der Waals surface area contributed by atoms with Crippen LogP contribution in [0.3, 0.4) is 0 Å². The van der Waals surface area contributed by atoms with Crippen molar-refractivity contribution in [2.75, 3.05) is 17.8 Å². The summed E-state index contributed by atoms with van der Waals surface area (Å²) in [5.74, 6) is 1.85. The first-order chi connectivity index (χ1) is 15.6. The maximum Gasteiger partial charge on any atom is 0.229 e. The first kappa shape index (κ1) is 22.4. The van der Waals surface area contributed by atoms with Crippen molar-refractivity contribution < 1.29 is 9.53 Å². The molecule has 6 heteroatoms. The summed E-state index contributed by atoms with van der Waals surface area (Å²) < 4.78 is 6.32. The molecule has 0 fully saturated rings. The Hall–Kier alpha value is -2.83. The van der Waals surface area contributed by atoms with Crippen LogP contribution in [0, 0.1) is 6.92 Å². The Morgan fingerprint density at radius 1 is 1.06 bits per heavy atom. The fourth-order valence-electron chi connectivity index (χ4n) is 3.38. The number of aromatic nitrogens is 1. The molecule has 0 aliphatic rings. The Labute approximate surface area is 197 Å². The van der Waals surface area contributed by atoms with Crippen molar-refractivity contribution in [2.24, 2.45) is 0 Å². The molecule has 0 aliphatic carbocycles. The second-order valence-corrected chi connectivity index (χ2v) is 9.74. The van der Waals surface area contributed by atoms with Crippen molar-refractivity contribution in [2.45, 2.75) is 31.2 Å². The maximum absolute atomic E-state index is 13.3. The summed E-state index contributed by atoms with van der Waals surface area (Å²) in [7, 11) is 1.67. The van der Waals surface area contributed by atoms with Crippen molar-refractivity contribution in [1.82, 2.24) is 4.98 Å². The van der Waals surface area contributed by atoms with E-state index in [9.17, 15) is 4.79 Å². The smallest absolute Gasteiger partial charge is 0.229 e. The number of fused-ring (bicyclic) bond motifs is 1. The Balaban J connectivity index is 1.44. The molecule has 0 N–H and O–H groups in total. The summed E-state index contributed by atoms with van der Waals surface area (Å²) in [5.41, 5.74) is 3.24. The van der Waals surface area contributed by atoms with Gasteiger partial charge >= 0.3 is 0 Å². The van der Waals surface area contributed by atoms with Gasteiger partial charge in [-0.3, -0.25) is 9.69 Å². The average molecular weight is 463 g/mol. The zero-order chi connectivity index (χ0) is 22.3. The number of anilines is 1. The predicted molar refractivity (Wildman–Crippen MR) is 135 cm³/mol. The zero-order valence-corrected chi connectivity index (χ0v) is 19.9. The fourth-order valence-corrected chi connectivity index (χ4v) is 5.32. The highest BCUT2D eigenvalue weighted by Crippen LogP contribution is 2.31. The number of thioether (sulfide) groups is 1. The second kappa shape index (κ2) is 10.7. The summed E-state index contributed by atoms with van der Waals surface area (Å²) in [5, 5.41) is 0.766. The van der Waals surface area contributed by atoms with E-state index in [1.54, 1.807) is 30.2 Å². The number of hydrogen-bond donors (Lipinski definition) is 0. The number of amides is 1. The summed E-state index contributed by atoms with van der Waals surface area (Å²) in [6.07, 6.45) is 1.30. The van der Waals surface area contributed by atoms with E-state index in [0.717, 1.165) is 38.8 Å². The highest BCUT2D eigenvalue weighted by atomic mass is 32.2. The first-order valence-electron chi connectivity index (χ1n) is 10.6. The van der Waals surface area contributed by atoms with Crippen molar-refractivity contribution in [3.05, 3.63) is 83.9 Å². The Morgan fingerprint density at radius 3 is 2.59 bits per heavy atom. The molecule has 0 unspecified atom stereocenters. The fraction of sp³-hybridized carbons (Fsp3) is 0.231. The number of hydrogen-bond acceptors (Lipinski definition) is 5. The topological polar surface area (TPSA) is 42.4 Å². The number of methoxy groups -OCH3 is 1. The van der Waals surface area contributed by atoms with Crippen molar-refractivity contribution in [3.8, 4) is 5.75 Å². The van der Waals surface area contributed by atoms with Crippen LogP contribution in [-0.2, 0) is 11.3 Å². The quantitative estimate of drug-likeness (QED) is 0.205. The number of rotatable bonds is 9. The highest BCUT2D eigenvalue weighted by Gasteiger charge is 2.20. The lowest BCUT2D eigenvalue weighted by Gasteiger charge is -2.20. The van der Waals surface area contributed by atoms with Gasteiger partial charge in [-0.15, -0.1) is 11.8 Å². The molecule has 4 aromatic rings. The van der Waals surface area contributed by atoms with E-state index in [2.05, 4.69) is 43.3 Å². The second-order valence-electron chi connectivity index (χ2n) is 7.56.